The van der Waals surface area contributed by atoms with Gasteiger partial charge in [-0.3, -0.25) is 9.69 Å². The molecule has 27 heavy (non-hydrogen) atoms. The summed E-state index contributed by atoms with van der Waals surface area (Å²) in [5.74, 6) is 0.0808. The summed E-state index contributed by atoms with van der Waals surface area (Å²) < 4.78 is 5.48. The van der Waals surface area contributed by atoms with E-state index in [0.717, 1.165) is 12.1 Å². The van der Waals surface area contributed by atoms with Crippen LogP contribution in [0.15, 0.2) is 18.2 Å². The molecule has 148 valence electrons. The molecule has 0 radical (unpaired) electrons. The lowest BCUT2D eigenvalue weighted by atomic mass is 10.1. The molecule has 0 bridgehead atoms. The topological polar surface area (TPSA) is 79.1 Å². The molecule has 1 aromatic carbocycles. The first-order chi connectivity index (χ1) is 12.6. The maximum absolute atomic E-state index is 12.8. The molecule has 0 aliphatic carbocycles. The molecule has 1 atom stereocenters. The fourth-order valence-electron chi connectivity index (χ4n) is 3.70. The predicted molar refractivity (Wildman–Crippen MR) is 106 cm³/mol. The first-order valence-electron chi connectivity index (χ1n) is 9.55. The van der Waals surface area contributed by atoms with Crippen molar-refractivity contribution in [2.45, 2.75) is 45.8 Å². The molecule has 2 amide bonds. The normalized spacial score (nSPS) is 20.5. The molecule has 0 saturated carbocycles. The molecule has 0 unspecified atom stereocenters. The van der Waals surface area contributed by atoms with Gasteiger partial charge >= 0.3 is 6.09 Å². The Bertz CT molecular complexity index is 728. The smallest absolute Gasteiger partial charge is 0.410 e. The number of nitrogens with zero attached hydrogens (tertiary/aromatic N) is 3. The second-order valence-electron chi connectivity index (χ2n) is 8.44. The third-order valence-corrected chi connectivity index (χ3v) is 5.00. The summed E-state index contributed by atoms with van der Waals surface area (Å²) in [4.78, 5) is 30.9. The van der Waals surface area contributed by atoms with Crippen LogP contribution in [0.2, 0.25) is 0 Å². The minimum atomic E-state index is -0.505. The zero-order valence-corrected chi connectivity index (χ0v) is 16.7. The van der Waals surface area contributed by atoms with Crippen molar-refractivity contribution in [3.63, 3.8) is 0 Å². The molecule has 1 saturated heterocycles. The number of hydrogen-bond acceptors (Lipinski definition) is 5. The lowest BCUT2D eigenvalue weighted by Crippen LogP contribution is -2.56. The monoisotopic (exact) mass is 374 g/mol. The Kier molecular flexibility index (Phi) is 5.33. The largest absolute Gasteiger partial charge is 0.444 e. The van der Waals surface area contributed by atoms with Crippen molar-refractivity contribution in [3.8, 4) is 0 Å². The summed E-state index contributed by atoms with van der Waals surface area (Å²) >= 11 is 0. The van der Waals surface area contributed by atoms with Crippen molar-refractivity contribution in [3.05, 3.63) is 23.8 Å². The molecule has 0 aromatic heterocycles. The van der Waals surface area contributed by atoms with Gasteiger partial charge in [0.05, 0.1) is 6.54 Å². The Balaban J connectivity index is 1.57. The average Bonchev–Trinajstić information content (AvgIpc) is 2.96. The van der Waals surface area contributed by atoms with Crippen molar-refractivity contribution < 1.29 is 14.3 Å². The number of carbonyl (C=O) groups is 2. The number of fused-ring (bicyclic) bond motifs is 1. The van der Waals surface area contributed by atoms with E-state index in [1.807, 2.05) is 50.8 Å². The number of anilines is 2. The molecule has 1 aromatic rings. The molecule has 2 heterocycles. The molecule has 1 fully saturated rings. The van der Waals surface area contributed by atoms with Crippen LogP contribution in [0.5, 0.6) is 0 Å². The van der Waals surface area contributed by atoms with Crippen molar-refractivity contribution in [2.75, 3.05) is 43.4 Å². The molecule has 0 spiro atoms. The van der Waals surface area contributed by atoms with E-state index in [4.69, 9.17) is 10.5 Å². The van der Waals surface area contributed by atoms with E-state index in [2.05, 4.69) is 4.90 Å². The summed E-state index contributed by atoms with van der Waals surface area (Å²) in [6, 6.07) is 5.76. The minimum Gasteiger partial charge on any atom is -0.444 e. The van der Waals surface area contributed by atoms with Gasteiger partial charge in [0.15, 0.2) is 0 Å². The van der Waals surface area contributed by atoms with Crippen LogP contribution in [0.1, 0.15) is 33.3 Å². The van der Waals surface area contributed by atoms with Gasteiger partial charge in [-0.1, -0.05) is 6.07 Å². The number of nitrogens with two attached hydrogens (primary N) is 1. The lowest BCUT2D eigenvalue weighted by molar-refractivity contribution is -0.120. The first-order valence-corrected chi connectivity index (χ1v) is 9.55. The number of hydrogen-bond donors (Lipinski definition) is 1. The lowest BCUT2D eigenvalue weighted by Gasteiger charge is -2.40. The van der Waals surface area contributed by atoms with Crippen LogP contribution < -0.4 is 10.6 Å². The summed E-state index contributed by atoms with van der Waals surface area (Å²) in [6.45, 7) is 10.5. The van der Waals surface area contributed by atoms with Gasteiger partial charge < -0.3 is 20.3 Å². The Morgan fingerprint density at radius 1 is 1.22 bits per heavy atom. The quantitative estimate of drug-likeness (QED) is 0.802. The average molecular weight is 374 g/mol. The highest BCUT2D eigenvalue weighted by Gasteiger charge is 2.33. The van der Waals surface area contributed by atoms with Gasteiger partial charge in [-0.25, -0.2) is 4.79 Å². The number of benzene rings is 1. The van der Waals surface area contributed by atoms with Crippen LogP contribution in [0.4, 0.5) is 16.2 Å². The van der Waals surface area contributed by atoms with Crippen LogP contribution in [0, 0.1) is 0 Å². The number of rotatable bonds is 2. The first kappa shape index (κ1) is 19.5. The van der Waals surface area contributed by atoms with Crippen LogP contribution >= 0.6 is 0 Å². The maximum atomic E-state index is 12.8. The summed E-state index contributed by atoms with van der Waals surface area (Å²) in [5.41, 5.74) is 8.15. The fraction of sp³-hybridized carbons (Fsp3) is 0.600. The van der Waals surface area contributed by atoms with Gasteiger partial charge in [0.2, 0.25) is 5.91 Å². The maximum Gasteiger partial charge on any atom is 0.410 e. The molecular weight excluding hydrogens is 344 g/mol. The number of ether oxygens (including phenoxy) is 1. The van der Waals surface area contributed by atoms with E-state index in [1.165, 1.54) is 5.56 Å². The van der Waals surface area contributed by atoms with Crippen LogP contribution in [-0.2, 0) is 16.0 Å². The van der Waals surface area contributed by atoms with Crippen LogP contribution in [0.25, 0.3) is 0 Å². The zero-order chi connectivity index (χ0) is 19.8. The number of amides is 2. The molecule has 7 nitrogen and oxygen atoms in total. The van der Waals surface area contributed by atoms with Gasteiger partial charge in [0, 0.05) is 43.6 Å². The highest BCUT2D eigenvalue weighted by molar-refractivity contribution is 5.97. The van der Waals surface area contributed by atoms with Gasteiger partial charge in [0.1, 0.15) is 5.60 Å². The molecule has 3 rings (SSSR count). The molecule has 2 N–H and O–H groups in total. The summed E-state index contributed by atoms with van der Waals surface area (Å²) in [6.07, 6.45) is 0.578. The van der Waals surface area contributed by atoms with E-state index in [1.54, 1.807) is 4.90 Å². The van der Waals surface area contributed by atoms with Crippen molar-refractivity contribution in [1.29, 1.82) is 0 Å². The SMILES string of the molecule is C[C@@H]1CN(CC(=O)N2CCc3ccc(N)cc32)CCN1C(=O)OC(C)(C)C. The second-order valence-corrected chi connectivity index (χ2v) is 8.44. The highest BCUT2D eigenvalue weighted by Crippen LogP contribution is 2.30. The number of piperazine rings is 1. The minimum absolute atomic E-state index is 0.00269. The fourth-order valence-corrected chi connectivity index (χ4v) is 3.70. The Morgan fingerprint density at radius 3 is 2.63 bits per heavy atom. The third-order valence-electron chi connectivity index (χ3n) is 5.00. The third kappa shape index (κ3) is 4.53. The molecule has 2 aliphatic heterocycles. The van der Waals surface area contributed by atoms with Crippen molar-refractivity contribution in [1.82, 2.24) is 9.80 Å². The van der Waals surface area contributed by atoms with E-state index < -0.39 is 5.60 Å². The summed E-state index contributed by atoms with van der Waals surface area (Å²) in [5, 5.41) is 0. The van der Waals surface area contributed by atoms with E-state index >= 15 is 0 Å². The van der Waals surface area contributed by atoms with E-state index in [9.17, 15) is 9.59 Å². The highest BCUT2D eigenvalue weighted by atomic mass is 16.6. The van der Waals surface area contributed by atoms with Crippen LogP contribution in [-0.4, -0.2) is 66.2 Å². The zero-order valence-electron chi connectivity index (χ0n) is 16.7. The van der Waals surface area contributed by atoms with Gasteiger partial charge in [-0.15, -0.1) is 0 Å². The van der Waals surface area contributed by atoms with E-state index in [0.29, 0.717) is 38.4 Å². The van der Waals surface area contributed by atoms with Gasteiger partial charge in [0.25, 0.3) is 0 Å². The predicted octanol–water partition coefficient (Wildman–Crippen LogP) is 2.10. The standard InChI is InChI=1S/C20H30N4O3/c1-14-12-22(9-10-23(14)19(26)27-20(2,3)4)13-18(25)24-8-7-15-5-6-16(21)11-17(15)24/h5-6,11,14H,7-10,12-13,21H2,1-4H3/t14-/m1/s1. The Labute approximate surface area is 161 Å². The Hall–Kier alpha value is -2.28. The van der Waals surface area contributed by atoms with Crippen LogP contribution in [0.3, 0.4) is 0 Å². The Morgan fingerprint density at radius 2 is 1.96 bits per heavy atom. The van der Waals surface area contributed by atoms with Gasteiger partial charge in [-0.05, 0) is 51.8 Å². The van der Waals surface area contributed by atoms with E-state index in [-0.39, 0.29) is 18.0 Å². The molecule has 2 aliphatic rings. The number of carbonyl (C=O) groups excluding carboxylic acids is 2. The second kappa shape index (κ2) is 7.38. The molecular formula is C20H30N4O3. The molecule has 7 heteroatoms. The number of nitrogen functional groups attached to an aromatic ring is 1. The van der Waals surface area contributed by atoms with Gasteiger partial charge in [-0.2, -0.15) is 0 Å². The van der Waals surface area contributed by atoms with Crippen molar-refractivity contribution >= 4 is 23.4 Å². The summed E-state index contributed by atoms with van der Waals surface area (Å²) in [7, 11) is 0. The van der Waals surface area contributed by atoms with Crippen molar-refractivity contribution in [2.24, 2.45) is 0 Å².